The van der Waals surface area contributed by atoms with Gasteiger partial charge in [-0.25, -0.2) is 4.98 Å². The van der Waals surface area contributed by atoms with Gasteiger partial charge < -0.3 is 15.4 Å². The summed E-state index contributed by atoms with van der Waals surface area (Å²) in [6.45, 7) is 0.834. The first kappa shape index (κ1) is 6.67. The molecule has 1 aromatic rings. The molecule has 60 valence electrons. The van der Waals surface area contributed by atoms with Crippen LogP contribution in [-0.4, -0.2) is 20.8 Å². The lowest BCUT2D eigenvalue weighted by Gasteiger charge is -2.17. The number of aryl methyl sites for hydroxylation is 1. The maximum absolute atomic E-state index is 9.27. The summed E-state index contributed by atoms with van der Waals surface area (Å²) in [6, 6.07) is 0. The van der Waals surface area contributed by atoms with Crippen LogP contribution in [0.15, 0.2) is 6.20 Å². The lowest BCUT2D eigenvalue weighted by Crippen LogP contribution is -2.22. The number of aromatic nitrogens is 2. The topological polar surface area (TPSA) is 64.1 Å². The Hall–Kier alpha value is -1.03. The van der Waals surface area contributed by atoms with Crippen LogP contribution >= 0.6 is 0 Å². The van der Waals surface area contributed by atoms with Gasteiger partial charge in [-0.3, -0.25) is 0 Å². The van der Waals surface area contributed by atoms with Crippen LogP contribution in [0.5, 0.6) is 0 Å². The molecule has 1 aliphatic heterocycles. The zero-order valence-electron chi connectivity index (χ0n) is 6.20. The first-order valence-corrected chi connectivity index (χ1v) is 3.75. The van der Waals surface area contributed by atoms with Gasteiger partial charge in [-0.15, -0.1) is 0 Å². The highest BCUT2D eigenvalue weighted by atomic mass is 16.3. The fourth-order valence-electron chi connectivity index (χ4n) is 1.43. The number of imidazole rings is 1. The molecule has 0 aliphatic carbocycles. The molecule has 0 spiro atoms. The molecule has 1 aliphatic rings. The molecule has 2 heterocycles. The van der Waals surface area contributed by atoms with E-state index in [1.54, 1.807) is 0 Å². The number of fused-ring (bicyclic) bond motifs is 1. The highest BCUT2D eigenvalue weighted by Crippen LogP contribution is 2.15. The van der Waals surface area contributed by atoms with Gasteiger partial charge in [0.05, 0.1) is 6.10 Å². The van der Waals surface area contributed by atoms with Gasteiger partial charge in [-0.2, -0.15) is 0 Å². The molecule has 0 fully saturated rings. The summed E-state index contributed by atoms with van der Waals surface area (Å²) in [7, 11) is 0. The van der Waals surface area contributed by atoms with Crippen LogP contribution in [0.4, 0.5) is 5.82 Å². The van der Waals surface area contributed by atoms with Crippen LogP contribution in [0.2, 0.25) is 0 Å². The second-order valence-corrected chi connectivity index (χ2v) is 2.92. The molecule has 11 heavy (non-hydrogen) atoms. The molecule has 3 N–H and O–H groups in total. The Kier molecular flexibility index (Phi) is 1.35. The number of anilines is 1. The van der Waals surface area contributed by atoms with Crippen LogP contribution in [0.3, 0.4) is 0 Å². The second-order valence-electron chi connectivity index (χ2n) is 2.92. The van der Waals surface area contributed by atoms with Crippen LogP contribution in [0, 0.1) is 0 Å². The minimum absolute atomic E-state index is 0.232. The maximum atomic E-state index is 9.27. The molecule has 2 rings (SSSR count). The first-order valence-electron chi connectivity index (χ1n) is 3.75. The number of rotatable bonds is 0. The minimum Gasteiger partial charge on any atom is -0.393 e. The van der Waals surface area contributed by atoms with E-state index in [9.17, 15) is 5.11 Å². The van der Waals surface area contributed by atoms with E-state index in [0.717, 1.165) is 18.8 Å². The van der Waals surface area contributed by atoms with Crippen molar-refractivity contribution in [2.45, 2.75) is 25.5 Å². The highest BCUT2D eigenvalue weighted by molar-refractivity contribution is 5.26. The molecule has 0 bridgehead atoms. The van der Waals surface area contributed by atoms with Gasteiger partial charge in [0, 0.05) is 19.2 Å². The van der Waals surface area contributed by atoms with Crippen LogP contribution in [0.1, 0.15) is 12.2 Å². The molecule has 0 radical (unpaired) electrons. The molecule has 0 aromatic carbocycles. The fraction of sp³-hybridized carbons (Fsp3) is 0.571. The minimum atomic E-state index is -0.232. The summed E-state index contributed by atoms with van der Waals surface area (Å²) in [5.74, 6) is 1.45. The smallest absolute Gasteiger partial charge is 0.141 e. The standard InChI is InChI=1S/C7H11N3O/c8-6-4-10-2-1-5(11)3-7(10)9-6/h4-5,11H,1-3,8H2. The highest BCUT2D eigenvalue weighted by Gasteiger charge is 2.17. The number of aliphatic hydroxyl groups is 1. The molecular formula is C7H11N3O. The van der Waals surface area contributed by atoms with Gasteiger partial charge in [0.15, 0.2) is 0 Å². The molecule has 1 aromatic heterocycles. The van der Waals surface area contributed by atoms with Gasteiger partial charge in [0.25, 0.3) is 0 Å². The van der Waals surface area contributed by atoms with E-state index in [-0.39, 0.29) is 6.10 Å². The molecule has 0 amide bonds. The van der Waals surface area contributed by atoms with Crippen molar-refractivity contribution in [3.8, 4) is 0 Å². The van der Waals surface area contributed by atoms with Crippen molar-refractivity contribution in [3.05, 3.63) is 12.0 Å². The third kappa shape index (κ3) is 1.09. The average molecular weight is 153 g/mol. The van der Waals surface area contributed by atoms with Gasteiger partial charge >= 0.3 is 0 Å². The quantitative estimate of drug-likeness (QED) is 0.541. The summed E-state index contributed by atoms with van der Waals surface area (Å²) in [5, 5.41) is 9.27. The van der Waals surface area contributed by atoms with E-state index in [2.05, 4.69) is 4.98 Å². The van der Waals surface area contributed by atoms with Crippen molar-refractivity contribution in [2.75, 3.05) is 5.73 Å². The van der Waals surface area contributed by atoms with Crippen LogP contribution < -0.4 is 5.73 Å². The molecule has 1 atom stereocenters. The van der Waals surface area contributed by atoms with Crippen molar-refractivity contribution in [1.29, 1.82) is 0 Å². The van der Waals surface area contributed by atoms with Crippen molar-refractivity contribution < 1.29 is 5.11 Å². The van der Waals surface area contributed by atoms with E-state index in [1.165, 1.54) is 0 Å². The van der Waals surface area contributed by atoms with Gasteiger partial charge in [0.2, 0.25) is 0 Å². The second kappa shape index (κ2) is 2.23. The first-order chi connectivity index (χ1) is 5.25. The van der Waals surface area contributed by atoms with Gasteiger partial charge in [-0.1, -0.05) is 0 Å². The fourth-order valence-corrected chi connectivity index (χ4v) is 1.43. The summed E-state index contributed by atoms with van der Waals surface area (Å²) in [5.41, 5.74) is 5.49. The Morgan fingerprint density at radius 2 is 2.55 bits per heavy atom. The monoisotopic (exact) mass is 153 g/mol. The van der Waals surface area contributed by atoms with Crippen molar-refractivity contribution in [2.24, 2.45) is 0 Å². The largest absolute Gasteiger partial charge is 0.393 e. The Balaban J connectivity index is 2.34. The Labute approximate surface area is 64.7 Å². The Bertz CT molecular complexity index is 269. The molecule has 0 saturated carbocycles. The Morgan fingerprint density at radius 3 is 3.36 bits per heavy atom. The SMILES string of the molecule is Nc1cn2c(n1)CC(O)CC2. The predicted molar refractivity (Wildman–Crippen MR) is 41.0 cm³/mol. The number of hydrogen-bond donors (Lipinski definition) is 2. The Morgan fingerprint density at radius 1 is 1.73 bits per heavy atom. The summed E-state index contributed by atoms with van der Waals surface area (Å²) in [4.78, 5) is 4.08. The third-order valence-electron chi connectivity index (χ3n) is 2.00. The molecule has 4 heteroatoms. The lowest BCUT2D eigenvalue weighted by atomic mass is 10.1. The van der Waals surface area contributed by atoms with Crippen molar-refractivity contribution >= 4 is 5.82 Å². The van der Waals surface area contributed by atoms with E-state index in [0.29, 0.717) is 12.2 Å². The van der Waals surface area contributed by atoms with E-state index >= 15 is 0 Å². The number of hydrogen-bond acceptors (Lipinski definition) is 3. The van der Waals surface area contributed by atoms with Crippen LogP contribution in [-0.2, 0) is 13.0 Å². The van der Waals surface area contributed by atoms with E-state index in [1.807, 2.05) is 10.8 Å². The lowest BCUT2D eigenvalue weighted by molar-refractivity contribution is 0.141. The number of nitrogens with zero attached hydrogens (tertiary/aromatic N) is 2. The summed E-state index contributed by atoms with van der Waals surface area (Å²) < 4.78 is 2.00. The third-order valence-corrected chi connectivity index (χ3v) is 2.00. The average Bonchev–Trinajstić information content (AvgIpc) is 2.27. The van der Waals surface area contributed by atoms with Crippen molar-refractivity contribution in [3.63, 3.8) is 0 Å². The van der Waals surface area contributed by atoms with Crippen LogP contribution in [0.25, 0.3) is 0 Å². The van der Waals surface area contributed by atoms with Gasteiger partial charge in [0.1, 0.15) is 11.6 Å². The summed E-state index contributed by atoms with van der Waals surface area (Å²) in [6.07, 6.45) is 3.03. The van der Waals surface area contributed by atoms with Gasteiger partial charge in [-0.05, 0) is 6.42 Å². The summed E-state index contributed by atoms with van der Waals surface area (Å²) >= 11 is 0. The number of aliphatic hydroxyl groups excluding tert-OH is 1. The predicted octanol–water partition coefficient (Wildman–Crippen LogP) is -0.228. The number of nitrogens with two attached hydrogens (primary N) is 1. The zero-order chi connectivity index (χ0) is 7.84. The molecular weight excluding hydrogens is 142 g/mol. The number of nitrogen functional groups attached to an aromatic ring is 1. The van der Waals surface area contributed by atoms with E-state index < -0.39 is 0 Å². The van der Waals surface area contributed by atoms with E-state index in [4.69, 9.17) is 5.73 Å². The maximum Gasteiger partial charge on any atom is 0.141 e. The van der Waals surface area contributed by atoms with Crippen molar-refractivity contribution in [1.82, 2.24) is 9.55 Å². The molecule has 0 saturated heterocycles. The normalized spacial score (nSPS) is 23.2. The molecule has 1 unspecified atom stereocenters. The zero-order valence-corrected chi connectivity index (χ0v) is 6.20. The molecule has 4 nitrogen and oxygen atoms in total.